The Morgan fingerprint density at radius 3 is 2.22 bits per heavy atom. The van der Waals surface area contributed by atoms with Crippen molar-refractivity contribution >= 4 is 0 Å². The van der Waals surface area contributed by atoms with E-state index in [0.717, 1.165) is 24.8 Å². The van der Waals surface area contributed by atoms with Crippen molar-refractivity contribution in [2.45, 2.75) is 46.3 Å². The van der Waals surface area contributed by atoms with Crippen LogP contribution in [0.5, 0.6) is 0 Å². The van der Waals surface area contributed by atoms with Crippen molar-refractivity contribution in [1.82, 2.24) is 5.23 Å². The Kier molecular flexibility index (Phi) is 11.0. The Morgan fingerprint density at radius 1 is 1.17 bits per heavy atom. The molecule has 0 aliphatic heterocycles. The summed E-state index contributed by atoms with van der Waals surface area (Å²) >= 11 is 0. The zero-order valence-electron chi connectivity index (χ0n) is 12.0. The highest BCUT2D eigenvalue weighted by Crippen LogP contribution is 2.14. The summed E-state index contributed by atoms with van der Waals surface area (Å²) in [5, 5.41) is 1.47. The standard InChI is InChI=1S/C14H27NO3/c1-6-13(5)11-10-12-14(16-7-2)15(17-8-3)18-9-4/h6,14H,1,5,7-12H2,2-4H3. The van der Waals surface area contributed by atoms with Crippen LogP contribution in [0.4, 0.5) is 0 Å². The summed E-state index contributed by atoms with van der Waals surface area (Å²) in [6.07, 6.45) is 4.33. The molecule has 0 aliphatic rings. The summed E-state index contributed by atoms with van der Waals surface area (Å²) in [5.74, 6) is 0. The second-order valence-corrected chi connectivity index (χ2v) is 3.79. The molecule has 1 atom stereocenters. The fourth-order valence-electron chi connectivity index (χ4n) is 1.51. The average molecular weight is 257 g/mol. The lowest BCUT2D eigenvalue weighted by Gasteiger charge is -2.28. The second kappa shape index (κ2) is 11.4. The van der Waals surface area contributed by atoms with Gasteiger partial charge in [0.15, 0.2) is 6.23 Å². The molecule has 0 radical (unpaired) electrons. The summed E-state index contributed by atoms with van der Waals surface area (Å²) in [6, 6.07) is 0. The van der Waals surface area contributed by atoms with Crippen molar-refractivity contribution in [2.24, 2.45) is 0 Å². The maximum Gasteiger partial charge on any atom is 0.160 e. The molecule has 1 unspecified atom stereocenters. The fourth-order valence-corrected chi connectivity index (χ4v) is 1.51. The fraction of sp³-hybridized carbons (Fsp3) is 0.714. The van der Waals surface area contributed by atoms with Gasteiger partial charge in [-0.15, -0.1) is 0 Å². The number of nitrogens with zero attached hydrogens (tertiary/aromatic N) is 1. The summed E-state index contributed by atoms with van der Waals surface area (Å²) in [4.78, 5) is 10.8. The van der Waals surface area contributed by atoms with Crippen LogP contribution >= 0.6 is 0 Å². The summed E-state index contributed by atoms with van der Waals surface area (Å²) < 4.78 is 5.65. The normalized spacial score (nSPS) is 12.7. The molecule has 0 aromatic rings. The summed E-state index contributed by atoms with van der Waals surface area (Å²) in [6.45, 7) is 15.2. The van der Waals surface area contributed by atoms with Crippen molar-refractivity contribution in [2.75, 3.05) is 19.8 Å². The van der Waals surface area contributed by atoms with E-state index in [0.29, 0.717) is 19.8 Å². The van der Waals surface area contributed by atoms with E-state index in [9.17, 15) is 0 Å². The number of ether oxygens (including phenoxy) is 1. The van der Waals surface area contributed by atoms with Crippen LogP contribution in [0, 0.1) is 0 Å². The third-order valence-corrected chi connectivity index (χ3v) is 2.34. The van der Waals surface area contributed by atoms with Crippen LogP contribution in [0.2, 0.25) is 0 Å². The van der Waals surface area contributed by atoms with E-state index in [1.807, 2.05) is 20.8 Å². The largest absolute Gasteiger partial charge is 0.359 e. The first-order chi connectivity index (χ1) is 8.69. The SMILES string of the molecule is C=CC(=C)CCCC(OCC)N(OCC)OCC. The van der Waals surface area contributed by atoms with Crippen molar-refractivity contribution in [3.63, 3.8) is 0 Å². The maximum atomic E-state index is 5.65. The smallest absolute Gasteiger partial charge is 0.160 e. The van der Waals surface area contributed by atoms with E-state index >= 15 is 0 Å². The van der Waals surface area contributed by atoms with Crippen molar-refractivity contribution < 1.29 is 14.4 Å². The molecule has 0 fully saturated rings. The van der Waals surface area contributed by atoms with Crippen LogP contribution in [0.3, 0.4) is 0 Å². The predicted molar refractivity (Wildman–Crippen MR) is 73.7 cm³/mol. The molecule has 0 saturated heterocycles. The van der Waals surface area contributed by atoms with Gasteiger partial charge in [-0.05, 0) is 45.3 Å². The van der Waals surface area contributed by atoms with Gasteiger partial charge in [-0.2, -0.15) is 0 Å². The minimum absolute atomic E-state index is 0.174. The Bertz CT molecular complexity index is 225. The minimum atomic E-state index is -0.174. The Balaban J connectivity index is 4.22. The van der Waals surface area contributed by atoms with Crippen LogP contribution in [0.1, 0.15) is 40.0 Å². The molecule has 18 heavy (non-hydrogen) atoms. The van der Waals surface area contributed by atoms with Crippen molar-refractivity contribution in [3.05, 3.63) is 24.8 Å². The second-order valence-electron chi connectivity index (χ2n) is 3.79. The van der Waals surface area contributed by atoms with Crippen molar-refractivity contribution in [1.29, 1.82) is 0 Å². The van der Waals surface area contributed by atoms with E-state index in [2.05, 4.69) is 13.2 Å². The molecule has 0 heterocycles. The van der Waals surface area contributed by atoms with E-state index in [1.165, 1.54) is 5.23 Å². The van der Waals surface area contributed by atoms with Crippen LogP contribution in [-0.2, 0) is 14.4 Å². The molecule has 0 aliphatic carbocycles. The number of hydrogen-bond donors (Lipinski definition) is 0. The molecule has 0 saturated carbocycles. The highest BCUT2D eigenvalue weighted by molar-refractivity contribution is 5.10. The van der Waals surface area contributed by atoms with Gasteiger partial charge in [-0.25, -0.2) is 0 Å². The first kappa shape index (κ1) is 17.3. The third-order valence-electron chi connectivity index (χ3n) is 2.34. The van der Waals surface area contributed by atoms with E-state index in [1.54, 1.807) is 6.08 Å². The topological polar surface area (TPSA) is 30.9 Å². The van der Waals surface area contributed by atoms with E-state index < -0.39 is 0 Å². The van der Waals surface area contributed by atoms with Crippen LogP contribution < -0.4 is 0 Å². The number of hydroxylamine groups is 2. The Hall–Kier alpha value is -0.680. The van der Waals surface area contributed by atoms with Gasteiger partial charge in [-0.3, -0.25) is 9.68 Å². The highest BCUT2D eigenvalue weighted by atomic mass is 17.0. The van der Waals surface area contributed by atoms with Gasteiger partial charge < -0.3 is 4.74 Å². The summed E-state index contributed by atoms with van der Waals surface area (Å²) in [5.41, 5.74) is 1.05. The number of allylic oxidation sites excluding steroid dienone is 2. The molecular weight excluding hydrogens is 230 g/mol. The minimum Gasteiger partial charge on any atom is -0.359 e. The molecule has 0 aromatic carbocycles. The molecule has 0 rings (SSSR count). The predicted octanol–water partition coefficient (Wildman–Crippen LogP) is 3.47. The Labute approximate surface area is 111 Å². The van der Waals surface area contributed by atoms with Gasteiger partial charge in [0.05, 0.1) is 13.2 Å². The van der Waals surface area contributed by atoms with Gasteiger partial charge in [0.25, 0.3) is 0 Å². The van der Waals surface area contributed by atoms with Crippen LogP contribution in [-0.4, -0.2) is 31.3 Å². The maximum absolute atomic E-state index is 5.65. The monoisotopic (exact) mass is 257 g/mol. The molecule has 106 valence electrons. The van der Waals surface area contributed by atoms with Gasteiger partial charge in [0.1, 0.15) is 0 Å². The molecule has 0 amide bonds. The highest BCUT2D eigenvalue weighted by Gasteiger charge is 2.19. The van der Waals surface area contributed by atoms with E-state index in [-0.39, 0.29) is 6.23 Å². The third kappa shape index (κ3) is 7.61. The lowest BCUT2D eigenvalue weighted by atomic mass is 10.1. The van der Waals surface area contributed by atoms with Crippen LogP contribution in [0.25, 0.3) is 0 Å². The van der Waals surface area contributed by atoms with E-state index in [4.69, 9.17) is 14.4 Å². The molecule has 0 spiro atoms. The Morgan fingerprint density at radius 2 is 1.78 bits per heavy atom. The quantitative estimate of drug-likeness (QED) is 0.304. The zero-order chi connectivity index (χ0) is 13.8. The first-order valence-electron chi connectivity index (χ1n) is 6.66. The van der Waals surface area contributed by atoms with Gasteiger partial charge in [0, 0.05) is 6.61 Å². The molecular formula is C14H27NO3. The molecule has 0 bridgehead atoms. The van der Waals surface area contributed by atoms with Gasteiger partial charge in [-0.1, -0.05) is 24.8 Å². The van der Waals surface area contributed by atoms with Gasteiger partial charge in [0.2, 0.25) is 0 Å². The van der Waals surface area contributed by atoms with Gasteiger partial charge >= 0.3 is 0 Å². The lowest BCUT2D eigenvalue weighted by molar-refractivity contribution is -0.421. The first-order valence-corrected chi connectivity index (χ1v) is 6.66. The van der Waals surface area contributed by atoms with Crippen molar-refractivity contribution in [3.8, 4) is 0 Å². The average Bonchev–Trinajstić information content (AvgIpc) is 2.37. The lowest BCUT2D eigenvalue weighted by Crippen LogP contribution is -2.37. The molecule has 4 heteroatoms. The number of hydrogen-bond acceptors (Lipinski definition) is 4. The molecule has 4 nitrogen and oxygen atoms in total. The number of rotatable bonds is 12. The van der Waals surface area contributed by atoms with Crippen LogP contribution in [0.15, 0.2) is 24.8 Å². The molecule has 0 aromatic heterocycles. The zero-order valence-corrected chi connectivity index (χ0v) is 12.0. The molecule has 0 N–H and O–H groups in total. The summed E-state index contributed by atoms with van der Waals surface area (Å²) in [7, 11) is 0.